The lowest BCUT2D eigenvalue weighted by molar-refractivity contribution is -0.384. The summed E-state index contributed by atoms with van der Waals surface area (Å²) in [5.41, 5.74) is 0.416. The van der Waals surface area contributed by atoms with Crippen LogP contribution in [0.25, 0.3) is 0 Å². The van der Waals surface area contributed by atoms with Crippen LogP contribution in [0.3, 0.4) is 0 Å². The minimum Gasteiger partial charge on any atom is -0.506 e. The fourth-order valence-electron chi connectivity index (χ4n) is 1.65. The van der Waals surface area contributed by atoms with Crippen LogP contribution in [0, 0.1) is 10.1 Å². The molecule has 9 heteroatoms. The van der Waals surface area contributed by atoms with Crippen molar-refractivity contribution in [3.05, 3.63) is 55.5 Å². The van der Waals surface area contributed by atoms with Gasteiger partial charge in [-0.05, 0) is 56.1 Å². The highest BCUT2D eigenvalue weighted by Crippen LogP contribution is 2.35. The maximum absolute atomic E-state index is 11.8. The molecule has 0 aliphatic heterocycles. The fourth-order valence-corrected chi connectivity index (χ4v) is 2.83. The Morgan fingerprint density at radius 1 is 1.22 bits per heavy atom. The molecule has 0 saturated heterocycles. The molecule has 0 bridgehead atoms. The molecule has 1 amide bonds. The van der Waals surface area contributed by atoms with Crippen molar-refractivity contribution < 1.29 is 19.6 Å². The van der Waals surface area contributed by atoms with Crippen molar-refractivity contribution in [2.75, 3.05) is 11.9 Å². The molecule has 2 rings (SSSR count). The van der Waals surface area contributed by atoms with Crippen molar-refractivity contribution in [3.63, 3.8) is 0 Å². The van der Waals surface area contributed by atoms with Crippen LogP contribution in [0.5, 0.6) is 11.5 Å². The number of benzene rings is 2. The molecular formula is C14H10Br2N2O5. The van der Waals surface area contributed by atoms with Gasteiger partial charge in [0.1, 0.15) is 11.5 Å². The van der Waals surface area contributed by atoms with E-state index >= 15 is 0 Å². The van der Waals surface area contributed by atoms with Crippen molar-refractivity contribution in [2.45, 2.75) is 0 Å². The molecule has 2 N–H and O–H groups in total. The molecule has 23 heavy (non-hydrogen) atoms. The van der Waals surface area contributed by atoms with Gasteiger partial charge in [0.15, 0.2) is 6.61 Å². The molecule has 0 unspecified atom stereocenters. The number of non-ortho nitro benzene ring substituents is 1. The number of carbonyl (C=O) groups is 1. The molecule has 0 aromatic heterocycles. The summed E-state index contributed by atoms with van der Waals surface area (Å²) >= 11 is 6.33. The zero-order valence-corrected chi connectivity index (χ0v) is 14.6. The Labute approximate surface area is 147 Å². The number of nitro benzene ring substituents is 1. The van der Waals surface area contributed by atoms with Crippen molar-refractivity contribution in [1.29, 1.82) is 0 Å². The molecule has 0 atom stereocenters. The minimum atomic E-state index is -0.517. The molecule has 0 fully saturated rings. The third-order valence-electron chi connectivity index (χ3n) is 2.72. The molecule has 120 valence electrons. The first-order valence-electron chi connectivity index (χ1n) is 6.22. The smallest absolute Gasteiger partial charge is 0.269 e. The molecule has 0 saturated carbocycles. The summed E-state index contributed by atoms with van der Waals surface area (Å²) in [6.07, 6.45) is 0. The van der Waals surface area contributed by atoms with Crippen LogP contribution in [0.1, 0.15) is 0 Å². The summed E-state index contributed by atoms with van der Waals surface area (Å²) < 4.78 is 6.11. The molecule has 0 spiro atoms. The number of ether oxygens (including phenoxy) is 1. The lowest BCUT2D eigenvalue weighted by Crippen LogP contribution is -2.20. The SMILES string of the molecule is O=C(COc1ccc([N+](=O)[O-])cc1)Nc1cc(Br)c(O)c(Br)c1. The van der Waals surface area contributed by atoms with E-state index < -0.39 is 10.8 Å². The predicted octanol–water partition coefficient (Wildman–Crippen LogP) is 3.84. The van der Waals surface area contributed by atoms with Crippen molar-refractivity contribution in [2.24, 2.45) is 0 Å². The zero-order valence-electron chi connectivity index (χ0n) is 11.5. The van der Waals surface area contributed by atoms with E-state index in [2.05, 4.69) is 37.2 Å². The van der Waals surface area contributed by atoms with Gasteiger partial charge in [0, 0.05) is 17.8 Å². The number of anilines is 1. The first-order chi connectivity index (χ1) is 10.9. The summed E-state index contributed by atoms with van der Waals surface area (Å²) in [6.45, 7) is -0.256. The van der Waals surface area contributed by atoms with Gasteiger partial charge in [-0.15, -0.1) is 0 Å². The number of hydrogen-bond donors (Lipinski definition) is 2. The van der Waals surface area contributed by atoms with E-state index in [0.29, 0.717) is 20.4 Å². The Morgan fingerprint density at radius 2 is 1.78 bits per heavy atom. The highest BCUT2D eigenvalue weighted by molar-refractivity contribution is 9.11. The second-order valence-corrected chi connectivity index (χ2v) is 6.09. The van der Waals surface area contributed by atoms with Gasteiger partial charge < -0.3 is 15.2 Å². The Balaban J connectivity index is 1.93. The van der Waals surface area contributed by atoms with E-state index in [9.17, 15) is 20.0 Å². The number of rotatable bonds is 5. The highest BCUT2D eigenvalue weighted by atomic mass is 79.9. The third kappa shape index (κ3) is 4.67. The van der Waals surface area contributed by atoms with Crippen LogP contribution in [0.4, 0.5) is 11.4 Å². The summed E-state index contributed by atoms with van der Waals surface area (Å²) in [4.78, 5) is 21.8. The van der Waals surface area contributed by atoms with Crippen LogP contribution in [0.15, 0.2) is 45.3 Å². The molecule has 2 aromatic carbocycles. The van der Waals surface area contributed by atoms with E-state index in [-0.39, 0.29) is 18.0 Å². The minimum absolute atomic E-state index is 0.0325. The van der Waals surface area contributed by atoms with Crippen molar-refractivity contribution >= 4 is 49.1 Å². The fraction of sp³-hybridized carbons (Fsp3) is 0.0714. The number of hydrogen-bond acceptors (Lipinski definition) is 5. The van der Waals surface area contributed by atoms with Gasteiger partial charge in [0.05, 0.1) is 13.9 Å². The van der Waals surface area contributed by atoms with Crippen LogP contribution >= 0.6 is 31.9 Å². The number of carbonyl (C=O) groups excluding carboxylic acids is 1. The lowest BCUT2D eigenvalue weighted by Gasteiger charge is -2.09. The average Bonchev–Trinajstić information content (AvgIpc) is 2.51. The Bertz CT molecular complexity index is 726. The van der Waals surface area contributed by atoms with E-state index in [1.807, 2.05) is 0 Å². The number of phenolic OH excluding ortho intramolecular Hbond substituents is 1. The van der Waals surface area contributed by atoms with Crippen LogP contribution in [-0.4, -0.2) is 22.5 Å². The van der Waals surface area contributed by atoms with Gasteiger partial charge in [-0.25, -0.2) is 0 Å². The van der Waals surface area contributed by atoms with Gasteiger partial charge in [-0.3, -0.25) is 14.9 Å². The number of amides is 1. The number of aromatic hydroxyl groups is 1. The highest BCUT2D eigenvalue weighted by Gasteiger charge is 2.10. The summed E-state index contributed by atoms with van der Waals surface area (Å²) in [6, 6.07) is 8.51. The first-order valence-corrected chi connectivity index (χ1v) is 7.80. The zero-order chi connectivity index (χ0) is 17.0. The van der Waals surface area contributed by atoms with E-state index in [1.54, 1.807) is 12.1 Å². The number of phenols is 1. The standard InChI is InChI=1S/C14H10Br2N2O5/c15-11-5-8(6-12(16)14(11)20)17-13(19)7-23-10-3-1-9(2-4-10)18(21)22/h1-6,20H,7H2,(H,17,19). The normalized spacial score (nSPS) is 10.2. The van der Waals surface area contributed by atoms with Crippen molar-refractivity contribution in [1.82, 2.24) is 0 Å². The average molecular weight is 446 g/mol. The van der Waals surface area contributed by atoms with E-state index in [4.69, 9.17) is 4.74 Å². The van der Waals surface area contributed by atoms with Gasteiger partial charge in [0.25, 0.3) is 11.6 Å². The molecule has 0 aliphatic carbocycles. The number of nitrogens with one attached hydrogen (secondary N) is 1. The maximum atomic E-state index is 11.8. The number of nitro groups is 1. The third-order valence-corrected chi connectivity index (χ3v) is 3.93. The van der Waals surface area contributed by atoms with E-state index in [1.165, 1.54) is 24.3 Å². The second-order valence-electron chi connectivity index (χ2n) is 4.38. The van der Waals surface area contributed by atoms with Gasteiger partial charge in [0.2, 0.25) is 0 Å². The summed E-state index contributed by atoms with van der Waals surface area (Å²) in [7, 11) is 0. The van der Waals surface area contributed by atoms with Gasteiger partial charge in [-0.1, -0.05) is 0 Å². The lowest BCUT2D eigenvalue weighted by atomic mass is 10.3. The quantitative estimate of drug-likeness (QED) is 0.413. The molecule has 7 nitrogen and oxygen atoms in total. The topological polar surface area (TPSA) is 102 Å². The van der Waals surface area contributed by atoms with Gasteiger partial charge >= 0.3 is 0 Å². The molecule has 0 heterocycles. The second kappa shape index (κ2) is 7.42. The van der Waals surface area contributed by atoms with Crippen LogP contribution in [0.2, 0.25) is 0 Å². The Hall–Kier alpha value is -2.13. The number of halogens is 2. The van der Waals surface area contributed by atoms with Gasteiger partial charge in [-0.2, -0.15) is 0 Å². The van der Waals surface area contributed by atoms with Crippen LogP contribution in [-0.2, 0) is 4.79 Å². The maximum Gasteiger partial charge on any atom is 0.269 e. The van der Waals surface area contributed by atoms with E-state index in [0.717, 1.165) is 0 Å². The Kier molecular flexibility index (Phi) is 5.56. The van der Waals surface area contributed by atoms with Crippen LogP contribution < -0.4 is 10.1 Å². The summed E-state index contributed by atoms with van der Waals surface area (Å²) in [5.74, 6) is -0.0308. The Morgan fingerprint density at radius 3 is 2.30 bits per heavy atom. The molecule has 2 aromatic rings. The number of nitrogens with zero attached hydrogens (tertiary/aromatic N) is 1. The predicted molar refractivity (Wildman–Crippen MR) is 90.7 cm³/mol. The first kappa shape index (κ1) is 17.2. The molecule has 0 radical (unpaired) electrons. The summed E-state index contributed by atoms with van der Waals surface area (Å²) in [5, 5.41) is 22.7. The largest absolute Gasteiger partial charge is 0.506 e. The monoisotopic (exact) mass is 444 g/mol. The molecular weight excluding hydrogens is 436 g/mol. The van der Waals surface area contributed by atoms with Crippen molar-refractivity contribution in [3.8, 4) is 11.5 Å². The molecule has 0 aliphatic rings.